The summed E-state index contributed by atoms with van der Waals surface area (Å²) in [4.78, 5) is 17.2. The van der Waals surface area contributed by atoms with E-state index >= 15 is 0 Å². The first-order chi connectivity index (χ1) is 11.8. The third-order valence-corrected chi connectivity index (χ3v) is 5.66. The van der Waals surface area contributed by atoms with Gasteiger partial charge in [-0.1, -0.05) is 24.3 Å². The van der Waals surface area contributed by atoms with Gasteiger partial charge in [-0.05, 0) is 30.4 Å². The Labute approximate surface area is 144 Å². The zero-order valence-corrected chi connectivity index (χ0v) is 14.2. The second kappa shape index (κ2) is 7.21. The molecule has 1 N–H and O–H groups in total. The van der Waals surface area contributed by atoms with Crippen molar-refractivity contribution in [1.29, 1.82) is 0 Å². The van der Waals surface area contributed by atoms with E-state index in [0.717, 1.165) is 52.0 Å². The van der Waals surface area contributed by atoms with Gasteiger partial charge in [0.1, 0.15) is 6.10 Å². The van der Waals surface area contributed by atoms with Crippen molar-refractivity contribution >= 4 is 5.91 Å². The summed E-state index contributed by atoms with van der Waals surface area (Å²) in [6.07, 6.45) is 3.02. The Kier molecular flexibility index (Phi) is 4.83. The van der Waals surface area contributed by atoms with Gasteiger partial charge in [0.2, 0.25) is 0 Å². The van der Waals surface area contributed by atoms with Crippen LogP contribution in [0.1, 0.15) is 24.0 Å². The SMILES string of the molecule is O=C([C@H]1CNCCO1)N1CCC(N2CCc3ccccc3C2)CC1. The molecule has 5 heteroatoms. The van der Waals surface area contributed by atoms with Crippen molar-refractivity contribution in [3.05, 3.63) is 35.4 Å². The maximum absolute atomic E-state index is 12.5. The van der Waals surface area contributed by atoms with Crippen LogP contribution in [0.15, 0.2) is 24.3 Å². The van der Waals surface area contributed by atoms with Crippen LogP contribution in [-0.2, 0) is 22.5 Å². The van der Waals surface area contributed by atoms with E-state index in [9.17, 15) is 4.79 Å². The fourth-order valence-corrected chi connectivity index (χ4v) is 4.21. The monoisotopic (exact) mass is 329 g/mol. The normalized spacial score (nSPS) is 26.2. The van der Waals surface area contributed by atoms with Gasteiger partial charge in [-0.25, -0.2) is 0 Å². The minimum Gasteiger partial charge on any atom is -0.366 e. The Bertz CT molecular complexity index is 578. The number of amides is 1. The van der Waals surface area contributed by atoms with E-state index in [4.69, 9.17) is 4.74 Å². The molecule has 1 aromatic carbocycles. The summed E-state index contributed by atoms with van der Waals surface area (Å²) in [6.45, 7) is 6.07. The second-order valence-electron chi connectivity index (χ2n) is 7.11. The number of nitrogens with one attached hydrogen (secondary N) is 1. The summed E-state index contributed by atoms with van der Waals surface area (Å²) in [5.41, 5.74) is 2.98. The molecular formula is C19H27N3O2. The van der Waals surface area contributed by atoms with E-state index in [1.165, 1.54) is 11.1 Å². The zero-order valence-electron chi connectivity index (χ0n) is 14.2. The third kappa shape index (κ3) is 3.34. The number of likely N-dealkylation sites (tertiary alicyclic amines) is 1. The van der Waals surface area contributed by atoms with Gasteiger partial charge in [0.15, 0.2) is 0 Å². The predicted molar refractivity (Wildman–Crippen MR) is 92.8 cm³/mol. The summed E-state index contributed by atoms with van der Waals surface area (Å²) in [5, 5.41) is 3.24. The maximum atomic E-state index is 12.5. The van der Waals surface area contributed by atoms with Crippen molar-refractivity contribution in [3.63, 3.8) is 0 Å². The van der Waals surface area contributed by atoms with Crippen LogP contribution in [0, 0.1) is 0 Å². The fraction of sp³-hybridized carbons (Fsp3) is 0.632. The molecule has 0 radical (unpaired) electrons. The smallest absolute Gasteiger partial charge is 0.253 e. The van der Waals surface area contributed by atoms with E-state index < -0.39 is 0 Å². The molecule has 0 spiro atoms. The highest BCUT2D eigenvalue weighted by atomic mass is 16.5. The van der Waals surface area contributed by atoms with Crippen LogP contribution in [0.25, 0.3) is 0 Å². The number of fused-ring (bicyclic) bond motifs is 1. The number of hydrogen-bond acceptors (Lipinski definition) is 4. The molecule has 1 atom stereocenters. The van der Waals surface area contributed by atoms with Gasteiger partial charge in [-0.15, -0.1) is 0 Å². The molecule has 0 bridgehead atoms. The molecule has 2 saturated heterocycles. The lowest BCUT2D eigenvalue weighted by Crippen LogP contribution is -2.53. The standard InChI is InChI=1S/C19H27N3O2/c23-19(18-13-20-8-12-24-18)21-10-6-17(7-11-21)22-9-5-15-3-1-2-4-16(15)14-22/h1-4,17-18,20H,5-14H2/t18-/m1/s1. The van der Waals surface area contributed by atoms with Crippen LogP contribution in [-0.4, -0.2) is 67.2 Å². The Morgan fingerprint density at radius 3 is 2.67 bits per heavy atom. The van der Waals surface area contributed by atoms with Gasteiger partial charge in [0.05, 0.1) is 6.61 Å². The number of hydrogen-bond donors (Lipinski definition) is 1. The van der Waals surface area contributed by atoms with Crippen molar-refractivity contribution in [2.45, 2.75) is 38.0 Å². The first-order valence-corrected chi connectivity index (χ1v) is 9.23. The van der Waals surface area contributed by atoms with E-state index in [1.54, 1.807) is 0 Å². The second-order valence-corrected chi connectivity index (χ2v) is 7.11. The zero-order chi connectivity index (χ0) is 16.4. The molecule has 0 saturated carbocycles. The van der Waals surface area contributed by atoms with Gasteiger partial charge in [-0.3, -0.25) is 9.69 Å². The van der Waals surface area contributed by atoms with E-state index in [-0.39, 0.29) is 12.0 Å². The number of piperidine rings is 1. The molecule has 5 nitrogen and oxygen atoms in total. The quantitative estimate of drug-likeness (QED) is 0.880. The molecule has 1 aromatic rings. The van der Waals surface area contributed by atoms with Crippen molar-refractivity contribution in [2.75, 3.05) is 39.3 Å². The van der Waals surface area contributed by atoms with Crippen LogP contribution in [0.3, 0.4) is 0 Å². The van der Waals surface area contributed by atoms with Crippen molar-refractivity contribution < 1.29 is 9.53 Å². The fourth-order valence-electron chi connectivity index (χ4n) is 4.21. The van der Waals surface area contributed by atoms with Gasteiger partial charge >= 0.3 is 0 Å². The highest BCUT2D eigenvalue weighted by molar-refractivity contribution is 5.81. The van der Waals surface area contributed by atoms with Crippen LogP contribution in [0.2, 0.25) is 0 Å². The highest BCUT2D eigenvalue weighted by Crippen LogP contribution is 2.25. The number of benzene rings is 1. The molecule has 24 heavy (non-hydrogen) atoms. The largest absolute Gasteiger partial charge is 0.366 e. The van der Waals surface area contributed by atoms with Crippen LogP contribution in [0.4, 0.5) is 0 Å². The summed E-state index contributed by atoms with van der Waals surface area (Å²) in [6, 6.07) is 9.40. The summed E-state index contributed by atoms with van der Waals surface area (Å²) in [5.74, 6) is 0.171. The average molecular weight is 329 g/mol. The molecular weight excluding hydrogens is 302 g/mol. The minimum atomic E-state index is -0.280. The van der Waals surface area contributed by atoms with Crippen LogP contribution < -0.4 is 5.32 Å². The Balaban J connectivity index is 1.31. The van der Waals surface area contributed by atoms with Gasteiger partial charge < -0.3 is 15.0 Å². The summed E-state index contributed by atoms with van der Waals surface area (Å²) < 4.78 is 5.61. The lowest BCUT2D eigenvalue weighted by molar-refractivity contribution is -0.146. The summed E-state index contributed by atoms with van der Waals surface area (Å²) in [7, 11) is 0. The lowest BCUT2D eigenvalue weighted by atomic mass is 9.95. The molecule has 130 valence electrons. The first-order valence-electron chi connectivity index (χ1n) is 9.23. The molecule has 1 amide bonds. The van der Waals surface area contributed by atoms with Gasteiger partial charge in [-0.2, -0.15) is 0 Å². The van der Waals surface area contributed by atoms with Gasteiger partial charge in [0.25, 0.3) is 5.91 Å². The molecule has 0 unspecified atom stereocenters. The van der Waals surface area contributed by atoms with Crippen LogP contribution in [0.5, 0.6) is 0 Å². The maximum Gasteiger partial charge on any atom is 0.253 e. The Morgan fingerprint density at radius 2 is 1.92 bits per heavy atom. The molecule has 0 aliphatic carbocycles. The summed E-state index contributed by atoms with van der Waals surface area (Å²) >= 11 is 0. The molecule has 2 fully saturated rings. The Morgan fingerprint density at radius 1 is 1.12 bits per heavy atom. The highest BCUT2D eigenvalue weighted by Gasteiger charge is 2.32. The molecule has 0 aromatic heterocycles. The van der Waals surface area contributed by atoms with E-state index in [2.05, 4.69) is 34.5 Å². The number of morpholine rings is 1. The van der Waals surface area contributed by atoms with Crippen molar-refractivity contribution in [1.82, 2.24) is 15.1 Å². The minimum absolute atomic E-state index is 0.171. The molecule has 3 aliphatic rings. The molecule has 3 heterocycles. The lowest BCUT2D eigenvalue weighted by Gasteiger charge is -2.41. The van der Waals surface area contributed by atoms with E-state index in [1.807, 2.05) is 4.90 Å². The van der Waals surface area contributed by atoms with Gasteiger partial charge in [0, 0.05) is 45.3 Å². The number of ether oxygens (including phenoxy) is 1. The predicted octanol–water partition coefficient (Wildman–Crippen LogP) is 1.02. The first kappa shape index (κ1) is 16.1. The number of carbonyl (C=O) groups excluding carboxylic acids is 1. The van der Waals surface area contributed by atoms with Crippen LogP contribution >= 0.6 is 0 Å². The van der Waals surface area contributed by atoms with E-state index in [0.29, 0.717) is 19.2 Å². The third-order valence-electron chi connectivity index (χ3n) is 5.66. The average Bonchev–Trinajstić information content (AvgIpc) is 2.68. The molecule has 4 rings (SSSR count). The number of nitrogens with zero attached hydrogens (tertiary/aromatic N) is 2. The van der Waals surface area contributed by atoms with Crippen molar-refractivity contribution in [3.8, 4) is 0 Å². The van der Waals surface area contributed by atoms with Crippen molar-refractivity contribution in [2.24, 2.45) is 0 Å². The number of rotatable bonds is 2. The Hall–Kier alpha value is -1.43. The number of carbonyl (C=O) groups is 1. The topological polar surface area (TPSA) is 44.8 Å². The molecule has 3 aliphatic heterocycles.